The maximum atomic E-state index is 13.4. The number of hydrogen-bond donors (Lipinski definition) is 3. The highest BCUT2D eigenvalue weighted by Gasteiger charge is 2.31. The van der Waals surface area contributed by atoms with Gasteiger partial charge in [0.2, 0.25) is 5.91 Å². The summed E-state index contributed by atoms with van der Waals surface area (Å²) in [6.07, 6.45) is -0.664. The summed E-state index contributed by atoms with van der Waals surface area (Å²) in [5, 5.41) is 7.99. The van der Waals surface area contributed by atoms with Crippen LogP contribution in [0, 0.1) is 0 Å². The predicted molar refractivity (Wildman–Crippen MR) is 155 cm³/mol. The average Bonchev–Trinajstić information content (AvgIpc) is 2.88. The second kappa shape index (κ2) is 15.6. The van der Waals surface area contributed by atoms with Crippen LogP contribution >= 0.6 is 0 Å². The van der Waals surface area contributed by atoms with Gasteiger partial charge >= 0.3 is 18.2 Å². The molecule has 0 saturated heterocycles. The number of carbonyl (C=O) groups excluding carboxylic acids is 4. The summed E-state index contributed by atoms with van der Waals surface area (Å²) in [5.74, 6) is -1.16. The normalized spacial score (nSPS) is 12.8. The number of alkyl carbamates (subject to hydrolysis) is 2. The fraction of sp³-hybridized carbons (Fsp3) is 0.484. The Bertz CT molecular complexity index is 1130. The van der Waals surface area contributed by atoms with Crippen molar-refractivity contribution in [3.05, 3.63) is 71.8 Å². The number of amides is 3. The fourth-order valence-corrected chi connectivity index (χ4v) is 3.68. The summed E-state index contributed by atoms with van der Waals surface area (Å²) in [5.41, 5.74) is 0.155. The molecule has 0 bridgehead atoms. The van der Waals surface area contributed by atoms with Crippen molar-refractivity contribution in [3.8, 4) is 0 Å². The van der Waals surface area contributed by atoms with Gasteiger partial charge in [-0.1, -0.05) is 60.7 Å². The molecule has 10 nitrogen and oxygen atoms in total. The van der Waals surface area contributed by atoms with Gasteiger partial charge < -0.3 is 30.2 Å². The Labute approximate surface area is 242 Å². The minimum absolute atomic E-state index is 0.130. The van der Waals surface area contributed by atoms with Crippen molar-refractivity contribution in [1.29, 1.82) is 0 Å². The summed E-state index contributed by atoms with van der Waals surface area (Å²) < 4.78 is 16.1. The minimum Gasteiger partial charge on any atom is -0.458 e. The SMILES string of the molecule is CC(C)(C)OC(=O)N[C@@H](CCCNC(=O)OCc1ccccc1)C(=O)N[C@@H](Cc1ccccc1)C(=O)OC(C)(C)C. The van der Waals surface area contributed by atoms with E-state index in [4.69, 9.17) is 14.2 Å². The summed E-state index contributed by atoms with van der Waals surface area (Å²) in [6.45, 7) is 10.7. The standard InChI is InChI=1S/C31H43N3O7/c1-30(2,3)40-27(36)25(20-22-14-9-7-10-15-22)33-26(35)24(34-29(38)41-31(4,5)6)18-13-19-32-28(37)39-21-23-16-11-8-12-17-23/h7-12,14-17,24-25H,13,18-21H2,1-6H3,(H,32,37)(H,33,35)(H,34,38)/t24-,25-/m0/s1. The van der Waals surface area contributed by atoms with E-state index in [1.807, 2.05) is 60.7 Å². The van der Waals surface area contributed by atoms with Gasteiger partial charge in [-0.05, 0) is 65.5 Å². The van der Waals surface area contributed by atoms with Crippen molar-refractivity contribution >= 4 is 24.1 Å². The van der Waals surface area contributed by atoms with Gasteiger partial charge in [-0.25, -0.2) is 14.4 Å². The van der Waals surface area contributed by atoms with E-state index in [9.17, 15) is 19.2 Å². The van der Waals surface area contributed by atoms with E-state index < -0.39 is 47.3 Å². The molecule has 0 heterocycles. The first kappa shape index (κ1) is 33.1. The summed E-state index contributed by atoms with van der Waals surface area (Å²) in [6, 6.07) is 16.5. The quantitative estimate of drug-likeness (QED) is 0.192. The predicted octanol–water partition coefficient (Wildman–Crippen LogP) is 4.66. The molecule has 0 aliphatic rings. The third-order valence-corrected chi connectivity index (χ3v) is 5.45. The molecule has 3 amide bonds. The zero-order chi connectivity index (χ0) is 30.5. The molecule has 10 heteroatoms. The van der Waals surface area contributed by atoms with Gasteiger partial charge in [-0.15, -0.1) is 0 Å². The lowest BCUT2D eigenvalue weighted by Gasteiger charge is -2.27. The van der Waals surface area contributed by atoms with Crippen LogP contribution in [0.5, 0.6) is 0 Å². The molecule has 41 heavy (non-hydrogen) atoms. The third-order valence-electron chi connectivity index (χ3n) is 5.45. The minimum atomic E-state index is -1.03. The van der Waals surface area contributed by atoms with Crippen LogP contribution in [0.2, 0.25) is 0 Å². The van der Waals surface area contributed by atoms with Crippen LogP contribution in [0.1, 0.15) is 65.5 Å². The van der Waals surface area contributed by atoms with Crippen LogP contribution in [0.3, 0.4) is 0 Å². The largest absolute Gasteiger partial charge is 0.458 e. The second-order valence-electron chi connectivity index (χ2n) is 11.6. The molecule has 0 saturated carbocycles. The van der Waals surface area contributed by atoms with Crippen molar-refractivity contribution in [2.45, 2.75) is 90.7 Å². The van der Waals surface area contributed by atoms with Crippen LogP contribution in [0.25, 0.3) is 0 Å². The van der Waals surface area contributed by atoms with E-state index in [1.165, 1.54) is 0 Å². The van der Waals surface area contributed by atoms with Crippen molar-refractivity contribution in [2.75, 3.05) is 6.54 Å². The molecule has 0 aliphatic carbocycles. The highest BCUT2D eigenvalue weighted by molar-refractivity contribution is 5.90. The smallest absolute Gasteiger partial charge is 0.408 e. The van der Waals surface area contributed by atoms with Gasteiger partial charge in [-0.3, -0.25) is 4.79 Å². The molecule has 0 radical (unpaired) electrons. The Balaban J connectivity index is 2.05. The number of hydrogen-bond acceptors (Lipinski definition) is 7. The number of benzene rings is 2. The maximum absolute atomic E-state index is 13.4. The molecule has 0 aromatic heterocycles. The molecule has 0 fully saturated rings. The monoisotopic (exact) mass is 569 g/mol. The number of ether oxygens (including phenoxy) is 3. The fourth-order valence-electron chi connectivity index (χ4n) is 3.68. The third kappa shape index (κ3) is 14.2. The maximum Gasteiger partial charge on any atom is 0.408 e. The summed E-state index contributed by atoms with van der Waals surface area (Å²) in [7, 11) is 0. The lowest BCUT2D eigenvalue weighted by molar-refractivity contribution is -0.158. The number of esters is 1. The number of carbonyl (C=O) groups is 4. The second-order valence-corrected chi connectivity index (χ2v) is 11.6. The molecule has 224 valence electrons. The van der Waals surface area contributed by atoms with Crippen LogP contribution in [-0.4, -0.2) is 53.9 Å². The van der Waals surface area contributed by atoms with E-state index >= 15 is 0 Å². The number of nitrogens with one attached hydrogen (secondary N) is 3. The lowest BCUT2D eigenvalue weighted by atomic mass is 10.0. The Morgan fingerprint density at radius 1 is 0.707 bits per heavy atom. The Morgan fingerprint density at radius 2 is 1.27 bits per heavy atom. The molecule has 2 aromatic carbocycles. The highest BCUT2D eigenvalue weighted by Crippen LogP contribution is 2.13. The van der Waals surface area contributed by atoms with Crippen molar-refractivity contribution in [1.82, 2.24) is 16.0 Å². The molecule has 0 unspecified atom stereocenters. The van der Waals surface area contributed by atoms with Crippen LogP contribution in [-0.2, 0) is 36.8 Å². The lowest BCUT2D eigenvalue weighted by Crippen LogP contribution is -2.53. The first-order valence-corrected chi connectivity index (χ1v) is 13.7. The van der Waals surface area contributed by atoms with E-state index in [-0.39, 0.29) is 26.0 Å². The van der Waals surface area contributed by atoms with Gasteiger partial charge in [0.15, 0.2) is 0 Å². The van der Waals surface area contributed by atoms with Crippen LogP contribution in [0.4, 0.5) is 9.59 Å². The highest BCUT2D eigenvalue weighted by atomic mass is 16.6. The molecule has 2 aromatic rings. The molecule has 3 N–H and O–H groups in total. The Morgan fingerprint density at radius 3 is 1.83 bits per heavy atom. The molecular weight excluding hydrogens is 526 g/mol. The van der Waals surface area contributed by atoms with Crippen LogP contribution < -0.4 is 16.0 Å². The van der Waals surface area contributed by atoms with E-state index in [0.717, 1.165) is 11.1 Å². The Kier molecular flexibility index (Phi) is 12.6. The van der Waals surface area contributed by atoms with Gasteiger partial charge in [0.1, 0.15) is 29.9 Å². The Hall–Kier alpha value is -4.08. The molecule has 2 atom stereocenters. The van der Waals surface area contributed by atoms with Gasteiger partial charge in [0, 0.05) is 13.0 Å². The number of rotatable bonds is 12. The zero-order valence-electron chi connectivity index (χ0n) is 24.8. The van der Waals surface area contributed by atoms with Crippen molar-refractivity contribution in [3.63, 3.8) is 0 Å². The molecular formula is C31H43N3O7. The molecule has 2 rings (SSSR count). The first-order chi connectivity index (χ1) is 19.2. The first-order valence-electron chi connectivity index (χ1n) is 13.7. The average molecular weight is 570 g/mol. The van der Waals surface area contributed by atoms with Crippen molar-refractivity contribution in [2.24, 2.45) is 0 Å². The molecule has 0 spiro atoms. The van der Waals surface area contributed by atoms with Crippen LogP contribution in [0.15, 0.2) is 60.7 Å². The van der Waals surface area contributed by atoms with E-state index in [2.05, 4.69) is 16.0 Å². The van der Waals surface area contributed by atoms with Gasteiger partial charge in [0.05, 0.1) is 0 Å². The van der Waals surface area contributed by atoms with Gasteiger partial charge in [0.25, 0.3) is 0 Å². The van der Waals surface area contributed by atoms with E-state index in [1.54, 1.807) is 41.5 Å². The summed E-state index contributed by atoms with van der Waals surface area (Å²) in [4.78, 5) is 51.0. The van der Waals surface area contributed by atoms with Gasteiger partial charge in [-0.2, -0.15) is 0 Å². The molecule has 0 aliphatic heterocycles. The summed E-state index contributed by atoms with van der Waals surface area (Å²) >= 11 is 0. The zero-order valence-corrected chi connectivity index (χ0v) is 24.8. The van der Waals surface area contributed by atoms with E-state index in [0.29, 0.717) is 6.42 Å². The topological polar surface area (TPSA) is 132 Å². The van der Waals surface area contributed by atoms with Crippen molar-refractivity contribution < 1.29 is 33.4 Å².